The van der Waals surface area contributed by atoms with Gasteiger partial charge in [-0.3, -0.25) is 4.68 Å². The van der Waals surface area contributed by atoms with Crippen LogP contribution in [0.15, 0.2) is 30.5 Å². The Labute approximate surface area is 116 Å². The molecule has 0 bridgehead atoms. The molecular formula is C14H17N5O. The average molecular weight is 271 g/mol. The molecule has 3 rings (SSSR count). The fraction of sp³-hybridized carbons (Fsp3) is 0.357. The van der Waals surface area contributed by atoms with Gasteiger partial charge in [0.25, 0.3) is 0 Å². The number of fused-ring (bicyclic) bond motifs is 1. The Balaban J connectivity index is 1.91. The number of para-hydroxylation sites is 1. The smallest absolute Gasteiger partial charge is 0.111 e. The SMILES string of the molecule is CCC(O)c1cn(Cc2nn(C)c3ccccc23)nn1. The van der Waals surface area contributed by atoms with Gasteiger partial charge in [-0.2, -0.15) is 5.10 Å². The van der Waals surface area contributed by atoms with Gasteiger partial charge in [-0.15, -0.1) is 5.10 Å². The first kappa shape index (κ1) is 12.8. The summed E-state index contributed by atoms with van der Waals surface area (Å²) < 4.78 is 3.58. The molecule has 2 aromatic heterocycles. The molecule has 0 saturated carbocycles. The van der Waals surface area contributed by atoms with E-state index >= 15 is 0 Å². The summed E-state index contributed by atoms with van der Waals surface area (Å²) in [7, 11) is 1.93. The number of benzene rings is 1. The number of aromatic nitrogens is 5. The van der Waals surface area contributed by atoms with Crippen LogP contribution in [-0.4, -0.2) is 29.9 Å². The number of hydrogen-bond donors (Lipinski definition) is 1. The van der Waals surface area contributed by atoms with E-state index in [0.29, 0.717) is 18.7 Å². The van der Waals surface area contributed by atoms with Crippen molar-refractivity contribution in [1.82, 2.24) is 24.8 Å². The molecule has 1 atom stereocenters. The Hall–Kier alpha value is -2.21. The minimum absolute atomic E-state index is 0.546. The number of nitrogens with zero attached hydrogens (tertiary/aromatic N) is 5. The van der Waals surface area contributed by atoms with Crippen LogP contribution in [-0.2, 0) is 13.6 Å². The van der Waals surface area contributed by atoms with Gasteiger partial charge >= 0.3 is 0 Å². The van der Waals surface area contributed by atoms with Gasteiger partial charge in [-0.25, -0.2) is 4.68 Å². The predicted octanol–water partition coefficient (Wildman–Crippen LogP) is 1.66. The highest BCUT2D eigenvalue weighted by molar-refractivity contribution is 5.81. The molecule has 0 spiro atoms. The van der Waals surface area contributed by atoms with Crippen LogP contribution in [0.4, 0.5) is 0 Å². The van der Waals surface area contributed by atoms with Crippen molar-refractivity contribution >= 4 is 10.9 Å². The summed E-state index contributed by atoms with van der Waals surface area (Å²) in [5.41, 5.74) is 2.65. The monoisotopic (exact) mass is 271 g/mol. The molecule has 6 nitrogen and oxygen atoms in total. The molecule has 0 radical (unpaired) electrons. The summed E-state index contributed by atoms with van der Waals surface area (Å²) in [6.45, 7) is 2.46. The standard InChI is InChI=1S/C14H17N5O/c1-3-14(20)12-9-19(17-15-12)8-11-10-6-4-5-7-13(10)18(2)16-11/h4-7,9,14,20H,3,8H2,1-2H3. The maximum Gasteiger partial charge on any atom is 0.111 e. The number of rotatable bonds is 4. The van der Waals surface area contributed by atoms with E-state index in [2.05, 4.69) is 21.5 Å². The maximum atomic E-state index is 9.75. The van der Waals surface area contributed by atoms with Gasteiger partial charge < -0.3 is 5.11 Å². The average Bonchev–Trinajstić information content (AvgIpc) is 3.05. The van der Waals surface area contributed by atoms with E-state index < -0.39 is 6.10 Å². The lowest BCUT2D eigenvalue weighted by Crippen LogP contribution is -2.02. The van der Waals surface area contributed by atoms with Crippen molar-refractivity contribution < 1.29 is 5.11 Å². The minimum Gasteiger partial charge on any atom is -0.387 e. The molecule has 3 aromatic rings. The lowest BCUT2D eigenvalue weighted by atomic mass is 10.2. The lowest BCUT2D eigenvalue weighted by molar-refractivity contribution is 0.168. The summed E-state index contributed by atoms with van der Waals surface area (Å²) in [5, 5.41) is 23.4. The van der Waals surface area contributed by atoms with Crippen LogP contribution >= 0.6 is 0 Å². The van der Waals surface area contributed by atoms with Gasteiger partial charge in [-0.1, -0.05) is 30.3 Å². The van der Waals surface area contributed by atoms with Crippen molar-refractivity contribution in [3.63, 3.8) is 0 Å². The fourth-order valence-electron chi connectivity index (χ4n) is 2.31. The van der Waals surface area contributed by atoms with Crippen molar-refractivity contribution in [3.05, 3.63) is 41.9 Å². The number of aliphatic hydroxyl groups excluding tert-OH is 1. The van der Waals surface area contributed by atoms with E-state index in [9.17, 15) is 5.11 Å². The van der Waals surface area contributed by atoms with Gasteiger partial charge in [-0.05, 0) is 12.5 Å². The summed E-state index contributed by atoms with van der Waals surface area (Å²) in [6, 6.07) is 8.09. The van der Waals surface area contributed by atoms with Crippen LogP contribution in [0.5, 0.6) is 0 Å². The number of aryl methyl sites for hydroxylation is 1. The molecule has 0 amide bonds. The maximum absolute atomic E-state index is 9.75. The van der Waals surface area contributed by atoms with Crippen molar-refractivity contribution in [3.8, 4) is 0 Å². The number of aliphatic hydroxyl groups is 1. The molecule has 0 aliphatic carbocycles. The Morgan fingerprint density at radius 2 is 2.10 bits per heavy atom. The summed E-state index contributed by atoms with van der Waals surface area (Å²) in [5.74, 6) is 0. The summed E-state index contributed by atoms with van der Waals surface area (Å²) >= 11 is 0. The molecule has 1 N–H and O–H groups in total. The molecular weight excluding hydrogens is 254 g/mol. The third kappa shape index (κ3) is 2.18. The Morgan fingerprint density at radius 3 is 2.90 bits per heavy atom. The summed E-state index contributed by atoms with van der Waals surface area (Å²) in [4.78, 5) is 0. The molecule has 2 heterocycles. The second-order valence-electron chi connectivity index (χ2n) is 4.85. The minimum atomic E-state index is -0.552. The van der Waals surface area contributed by atoms with Crippen molar-refractivity contribution in [2.24, 2.45) is 7.05 Å². The first-order valence-corrected chi connectivity index (χ1v) is 6.67. The lowest BCUT2D eigenvalue weighted by Gasteiger charge is -2.00. The van der Waals surface area contributed by atoms with Crippen LogP contribution < -0.4 is 0 Å². The highest BCUT2D eigenvalue weighted by atomic mass is 16.3. The van der Waals surface area contributed by atoms with Crippen LogP contribution in [0.3, 0.4) is 0 Å². The van der Waals surface area contributed by atoms with E-state index in [-0.39, 0.29) is 0 Å². The zero-order valence-electron chi connectivity index (χ0n) is 11.6. The van der Waals surface area contributed by atoms with Crippen LogP contribution in [0, 0.1) is 0 Å². The van der Waals surface area contributed by atoms with Crippen molar-refractivity contribution in [1.29, 1.82) is 0 Å². The van der Waals surface area contributed by atoms with E-state index in [1.807, 2.05) is 36.9 Å². The predicted molar refractivity (Wildman–Crippen MR) is 75.1 cm³/mol. The molecule has 104 valence electrons. The molecule has 1 unspecified atom stereocenters. The zero-order chi connectivity index (χ0) is 14.1. The topological polar surface area (TPSA) is 68.8 Å². The van der Waals surface area contributed by atoms with Gasteiger partial charge in [0.1, 0.15) is 5.69 Å². The van der Waals surface area contributed by atoms with Crippen LogP contribution in [0.2, 0.25) is 0 Å². The number of hydrogen-bond acceptors (Lipinski definition) is 4. The molecule has 0 aliphatic rings. The quantitative estimate of drug-likeness (QED) is 0.783. The summed E-state index contributed by atoms with van der Waals surface area (Å²) in [6.07, 6.45) is 1.85. The second kappa shape index (κ2) is 5.05. The van der Waals surface area contributed by atoms with Gasteiger partial charge in [0.15, 0.2) is 0 Å². The Kier molecular flexibility index (Phi) is 3.23. The van der Waals surface area contributed by atoms with Gasteiger partial charge in [0.05, 0.1) is 30.1 Å². The highest BCUT2D eigenvalue weighted by Gasteiger charge is 2.12. The second-order valence-corrected chi connectivity index (χ2v) is 4.85. The largest absolute Gasteiger partial charge is 0.387 e. The van der Waals surface area contributed by atoms with Crippen LogP contribution in [0.25, 0.3) is 10.9 Å². The third-order valence-corrected chi connectivity index (χ3v) is 3.43. The van der Waals surface area contributed by atoms with Crippen molar-refractivity contribution in [2.45, 2.75) is 26.0 Å². The molecule has 0 fully saturated rings. The normalized spacial score (nSPS) is 12.9. The van der Waals surface area contributed by atoms with E-state index in [1.165, 1.54) is 0 Å². The van der Waals surface area contributed by atoms with Gasteiger partial charge in [0.2, 0.25) is 0 Å². The van der Waals surface area contributed by atoms with E-state index in [1.54, 1.807) is 10.9 Å². The van der Waals surface area contributed by atoms with Gasteiger partial charge in [0, 0.05) is 12.4 Å². The van der Waals surface area contributed by atoms with Crippen molar-refractivity contribution in [2.75, 3.05) is 0 Å². The highest BCUT2D eigenvalue weighted by Crippen LogP contribution is 2.19. The molecule has 1 aromatic carbocycles. The first-order chi connectivity index (χ1) is 9.69. The zero-order valence-corrected chi connectivity index (χ0v) is 11.6. The fourth-order valence-corrected chi connectivity index (χ4v) is 2.31. The Bertz CT molecular complexity index is 730. The molecule has 0 saturated heterocycles. The first-order valence-electron chi connectivity index (χ1n) is 6.67. The Morgan fingerprint density at radius 1 is 1.30 bits per heavy atom. The molecule has 6 heteroatoms. The van der Waals surface area contributed by atoms with Crippen LogP contribution in [0.1, 0.15) is 30.8 Å². The van der Waals surface area contributed by atoms with E-state index in [4.69, 9.17) is 0 Å². The molecule has 0 aliphatic heterocycles. The van der Waals surface area contributed by atoms with E-state index in [0.717, 1.165) is 16.6 Å². The molecule has 20 heavy (non-hydrogen) atoms. The third-order valence-electron chi connectivity index (χ3n) is 3.43.